The van der Waals surface area contributed by atoms with Gasteiger partial charge < -0.3 is 19.9 Å². The number of anilines is 2. The largest absolute Gasteiger partial charge is 0.495 e. The third-order valence-corrected chi connectivity index (χ3v) is 6.01. The van der Waals surface area contributed by atoms with Gasteiger partial charge in [0.1, 0.15) is 17.2 Å². The second-order valence-electron chi connectivity index (χ2n) is 8.17. The maximum Gasteiger partial charge on any atom is 0.327 e. The number of methoxy groups -OCH3 is 1. The maximum absolute atomic E-state index is 13.1. The van der Waals surface area contributed by atoms with E-state index in [1.165, 1.54) is 4.90 Å². The van der Waals surface area contributed by atoms with E-state index < -0.39 is 0 Å². The van der Waals surface area contributed by atoms with Gasteiger partial charge in [0.15, 0.2) is 0 Å². The van der Waals surface area contributed by atoms with E-state index in [0.717, 1.165) is 18.8 Å². The van der Waals surface area contributed by atoms with Crippen molar-refractivity contribution in [3.8, 4) is 5.75 Å². The Morgan fingerprint density at radius 3 is 2.55 bits per heavy atom. The summed E-state index contributed by atoms with van der Waals surface area (Å²) in [5.41, 5.74) is 2.62. The summed E-state index contributed by atoms with van der Waals surface area (Å²) >= 11 is 0. The molecule has 1 fully saturated rings. The number of aromatic nitrogens is 2. The third-order valence-electron chi connectivity index (χ3n) is 6.01. The number of likely N-dealkylation sites (N-methyl/N-ethyl adjacent to an activating group) is 1. The number of carbonyl (C=O) groups excluding carboxylic acids is 2. The van der Waals surface area contributed by atoms with Crippen LogP contribution in [0.1, 0.15) is 23.0 Å². The lowest BCUT2D eigenvalue weighted by atomic mass is 10.2. The fraction of sp³-hybridized carbons (Fsp3) is 0.375. The fourth-order valence-electron chi connectivity index (χ4n) is 4.04. The highest BCUT2D eigenvalue weighted by atomic mass is 16.5. The SMILES string of the molecule is CCc1nc2ccc(C(=O)N3CCN(C)CC3)cn2c1N(C)C(=O)Nc1ccccc1OC. The summed E-state index contributed by atoms with van der Waals surface area (Å²) < 4.78 is 7.17. The number of amides is 3. The van der Waals surface area contributed by atoms with Gasteiger partial charge in [0.25, 0.3) is 5.91 Å². The average molecular weight is 451 g/mol. The van der Waals surface area contributed by atoms with Crippen LogP contribution in [0.5, 0.6) is 5.75 Å². The molecule has 0 unspecified atom stereocenters. The zero-order chi connectivity index (χ0) is 23.5. The van der Waals surface area contributed by atoms with E-state index in [1.54, 1.807) is 38.6 Å². The van der Waals surface area contributed by atoms with Crippen LogP contribution in [0.15, 0.2) is 42.6 Å². The second-order valence-corrected chi connectivity index (χ2v) is 8.17. The van der Waals surface area contributed by atoms with Gasteiger partial charge in [-0.2, -0.15) is 0 Å². The van der Waals surface area contributed by atoms with Crippen molar-refractivity contribution in [1.29, 1.82) is 0 Å². The number of nitrogens with zero attached hydrogens (tertiary/aromatic N) is 5. The number of para-hydroxylation sites is 2. The minimum absolute atomic E-state index is 0.0103. The quantitative estimate of drug-likeness (QED) is 0.646. The molecule has 3 heterocycles. The van der Waals surface area contributed by atoms with Crippen molar-refractivity contribution >= 4 is 29.1 Å². The topological polar surface area (TPSA) is 82.4 Å². The Bertz CT molecular complexity index is 1170. The predicted molar refractivity (Wildman–Crippen MR) is 128 cm³/mol. The number of aryl methyl sites for hydroxylation is 1. The summed E-state index contributed by atoms with van der Waals surface area (Å²) in [7, 11) is 5.32. The molecule has 0 saturated carbocycles. The summed E-state index contributed by atoms with van der Waals surface area (Å²) in [6, 6.07) is 10.6. The van der Waals surface area contributed by atoms with Gasteiger partial charge in [-0.3, -0.25) is 14.1 Å². The van der Waals surface area contributed by atoms with Gasteiger partial charge in [0.05, 0.1) is 24.1 Å². The Morgan fingerprint density at radius 2 is 1.85 bits per heavy atom. The monoisotopic (exact) mass is 450 g/mol. The van der Waals surface area contributed by atoms with Crippen molar-refractivity contribution in [2.24, 2.45) is 0 Å². The predicted octanol–water partition coefficient (Wildman–Crippen LogP) is 2.96. The summed E-state index contributed by atoms with van der Waals surface area (Å²) in [4.78, 5) is 36.5. The summed E-state index contributed by atoms with van der Waals surface area (Å²) in [6.07, 6.45) is 2.43. The van der Waals surface area contributed by atoms with Crippen molar-refractivity contribution in [3.05, 3.63) is 53.9 Å². The van der Waals surface area contributed by atoms with Gasteiger partial charge in [-0.05, 0) is 37.7 Å². The number of urea groups is 1. The lowest BCUT2D eigenvalue weighted by Gasteiger charge is -2.32. The number of imidazole rings is 1. The van der Waals surface area contributed by atoms with E-state index in [4.69, 9.17) is 4.74 Å². The van der Waals surface area contributed by atoms with Gasteiger partial charge in [-0.1, -0.05) is 19.1 Å². The standard InChI is InChI=1S/C24H30N6O3/c1-5-18-22(28(3)24(32)26-19-8-6-7-9-20(19)33-4)30-16-17(10-11-21(30)25-18)23(31)29-14-12-27(2)13-15-29/h6-11,16H,5,12-15H2,1-4H3,(H,26,32). The smallest absolute Gasteiger partial charge is 0.327 e. The molecular weight excluding hydrogens is 420 g/mol. The van der Waals surface area contributed by atoms with E-state index in [0.29, 0.717) is 48.0 Å². The number of nitrogens with one attached hydrogen (secondary N) is 1. The number of carbonyl (C=O) groups is 2. The average Bonchev–Trinajstić information content (AvgIpc) is 3.21. The van der Waals surface area contributed by atoms with Crippen LogP contribution in [-0.2, 0) is 6.42 Å². The molecule has 3 aromatic rings. The van der Waals surface area contributed by atoms with E-state index in [9.17, 15) is 9.59 Å². The van der Waals surface area contributed by atoms with E-state index in [2.05, 4.69) is 22.2 Å². The zero-order valence-electron chi connectivity index (χ0n) is 19.5. The number of piperazine rings is 1. The van der Waals surface area contributed by atoms with Crippen LogP contribution in [0.3, 0.4) is 0 Å². The van der Waals surface area contributed by atoms with Crippen LogP contribution in [0, 0.1) is 0 Å². The molecule has 1 N–H and O–H groups in total. The lowest BCUT2D eigenvalue weighted by Crippen LogP contribution is -2.47. The van der Waals surface area contributed by atoms with E-state index in [1.807, 2.05) is 34.4 Å². The Balaban J connectivity index is 1.65. The van der Waals surface area contributed by atoms with Crippen LogP contribution in [-0.4, -0.2) is 78.5 Å². The first-order valence-corrected chi connectivity index (χ1v) is 11.1. The number of ether oxygens (including phenoxy) is 1. The molecule has 9 nitrogen and oxygen atoms in total. The fourth-order valence-corrected chi connectivity index (χ4v) is 4.04. The van der Waals surface area contributed by atoms with E-state index >= 15 is 0 Å². The number of hydrogen-bond donors (Lipinski definition) is 1. The molecule has 1 aliphatic rings. The Hall–Kier alpha value is -3.59. The minimum Gasteiger partial charge on any atom is -0.495 e. The molecule has 0 radical (unpaired) electrons. The molecule has 3 amide bonds. The number of pyridine rings is 1. The second kappa shape index (κ2) is 9.50. The molecule has 4 rings (SSSR count). The van der Waals surface area contributed by atoms with Crippen molar-refractivity contribution in [3.63, 3.8) is 0 Å². The van der Waals surface area contributed by atoms with Crippen molar-refractivity contribution < 1.29 is 14.3 Å². The first-order valence-electron chi connectivity index (χ1n) is 11.1. The van der Waals surface area contributed by atoms with Gasteiger partial charge in [-0.15, -0.1) is 0 Å². The van der Waals surface area contributed by atoms with Gasteiger partial charge in [0.2, 0.25) is 0 Å². The van der Waals surface area contributed by atoms with Crippen LogP contribution in [0.2, 0.25) is 0 Å². The minimum atomic E-state index is -0.327. The molecule has 33 heavy (non-hydrogen) atoms. The van der Waals surface area contributed by atoms with Crippen LogP contribution < -0.4 is 15.0 Å². The van der Waals surface area contributed by atoms with Crippen molar-refractivity contribution in [1.82, 2.24) is 19.2 Å². The number of fused-ring (bicyclic) bond motifs is 1. The van der Waals surface area contributed by atoms with Gasteiger partial charge in [0, 0.05) is 39.4 Å². The highest BCUT2D eigenvalue weighted by molar-refractivity contribution is 6.02. The van der Waals surface area contributed by atoms with Crippen molar-refractivity contribution in [2.75, 3.05) is 57.6 Å². The maximum atomic E-state index is 13.1. The van der Waals surface area contributed by atoms with Gasteiger partial charge >= 0.3 is 6.03 Å². The Kier molecular flexibility index (Phi) is 6.50. The number of benzene rings is 1. The summed E-state index contributed by atoms with van der Waals surface area (Å²) in [5.74, 6) is 1.20. The third kappa shape index (κ3) is 4.49. The van der Waals surface area contributed by atoms with E-state index in [-0.39, 0.29) is 11.9 Å². The van der Waals surface area contributed by atoms with Crippen molar-refractivity contribution in [2.45, 2.75) is 13.3 Å². The molecule has 1 saturated heterocycles. The summed E-state index contributed by atoms with van der Waals surface area (Å²) in [6.45, 7) is 5.11. The molecule has 0 spiro atoms. The number of rotatable bonds is 5. The highest BCUT2D eigenvalue weighted by Gasteiger charge is 2.24. The Labute approximate surface area is 193 Å². The zero-order valence-corrected chi connectivity index (χ0v) is 19.5. The molecule has 2 aromatic heterocycles. The molecular formula is C24H30N6O3. The first kappa shape index (κ1) is 22.6. The highest BCUT2D eigenvalue weighted by Crippen LogP contribution is 2.27. The molecule has 9 heteroatoms. The number of hydrogen-bond acceptors (Lipinski definition) is 5. The van der Waals surface area contributed by atoms with Crippen LogP contribution in [0.25, 0.3) is 5.65 Å². The normalized spacial score (nSPS) is 14.4. The van der Waals surface area contributed by atoms with Crippen LogP contribution >= 0.6 is 0 Å². The Morgan fingerprint density at radius 1 is 1.12 bits per heavy atom. The molecule has 1 aliphatic heterocycles. The van der Waals surface area contributed by atoms with Gasteiger partial charge in [-0.25, -0.2) is 9.78 Å². The molecule has 174 valence electrons. The summed E-state index contributed by atoms with van der Waals surface area (Å²) in [5, 5.41) is 2.90. The van der Waals surface area contributed by atoms with Crippen LogP contribution in [0.4, 0.5) is 16.3 Å². The molecule has 1 aromatic carbocycles. The molecule has 0 atom stereocenters. The molecule has 0 bridgehead atoms. The molecule has 0 aliphatic carbocycles. The first-order chi connectivity index (χ1) is 15.9. The lowest BCUT2D eigenvalue weighted by molar-refractivity contribution is 0.0663.